The predicted molar refractivity (Wildman–Crippen MR) is 109 cm³/mol. The smallest absolute Gasteiger partial charge is 0.0406 e. The molecule has 0 aliphatic heterocycles. The maximum atomic E-state index is 5.89. The van der Waals surface area contributed by atoms with Crippen LogP contribution in [0, 0.1) is 35.5 Å². The van der Waals surface area contributed by atoms with E-state index in [0.29, 0.717) is 0 Å². The third-order valence-corrected chi connectivity index (χ3v) is 6.72. The molecule has 0 unspecified atom stereocenters. The maximum absolute atomic E-state index is 5.89. The summed E-state index contributed by atoms with van der Waals surface area (Å²) in [7, 11) is 0. The average Bonchev–Trinajstić information content (AvgIpc) is 2.67. The highest BCUT2D eigenvalue weighted by Crippen LogP contribution is 2.42. The third-order valence-electron chi connectivity index (χ3n) is 6.46. The average molecular weight is 355 g/mol. The fraction of sp³-hybridized carbons (Fsp3) is 0.583. The van der Waals surface area contributed by atoms with Crippen LogP contribution in [0.25, 0.3) is 0 Å². The van der Waals surface area contributed by atoms with Gasteiger partial charge < -0.3 is 0 Å². The second-order valence-electron chi connectivity index (χ2n) is 8.00. The van der Waals surface area contributed by atoms with Crippen molar-refractivity contribution in [1.29, 1.82) is 0 Å². The molecule has 0 radical (unpaired) electrons. The molecule has 1 heteroatoms. The summed E-state index contributed by atoms with van der Waals surface area (Å²) in [6, 6.07) is 7.73. The molecule has 1 aromatic carbocycles. The van der Waals surface area contributed by atoms with E-state index in [1.165, 1.54) is 57.8 Å². The van der Waals surface area contributed by atoms with E-state index < -0.39 is 0 Å². The lowest BCUT2D eigenvalue weighted by molar-refractivity contribution is 0.154. The van der Waals surface area contributed by atoms with Gasteiger partial charge in [-0.3, -0.25) is 0 Å². The molecule has 0 amide bonds. The van der Waals surface area contributed by atoms with Crippen molar-refractivity contribution in [3.05, 3.63) is 47.0 Å². The van der Waals surface area contributed by atoms with E-state index >= 15 is 0 Å². The Morgan fingerprint density at radius 3 is 2.12 bits per heavy atom. The molecule has 0 atom stereocenters. The van der Waals surface area contributed by atoms with Crippen LogP contribution < -0.4 is 0 Å². The van der Waals surface area contributed by atoms with Crippen molar-refractivity contribution < 1.29 is 0 Å². The Bertz CT molecular complexity index is 600. The van der Waals surface area contributed by atoms with E-state index in [4.69, 9.17) is 11.6 Å². The largest absolute Gasteiger partial charge is 0.0843 e. The van der Waals surface area contributed by atoms with Crippen molar-refractivity contribution in [3.63, 3.8) is 0 Å². The normalized spacial score (nSPS) is 30.0. The van der Waals surface area contributed by atoms with Gasteiger partial charge >= 0.3 is 0 Å². The molecular weight excluding hydrogens is 324 g/mol. The highest BCUT2D eigenvalue weighted by atomic mass is 35.5. The van der Waals surface area contributed by atoms with Crippen LogP contribution in [-0.2, 0) is 0 Å². The summed E-state index contributed by atoms with van der Waals surface area (Å²) in [4.78, 5) is 0. The number of hydrogen-bond donors (Lipinski definition) is 0. The van der Waals surface area contributed by atoms with Gasteiger partial charge in [-0.1, -0.05) is 55.7 Å². The Balaban J connectivity index is 1.41. The molecule has 0 heterocycles. The molecule has 0 spiro atoms. The van der Waals surface area contributed by atoms with Crippen LogP contribution in [0.5, 0.6) is 0 Å². The van der Waals surface area contributed by atoms with E-state index in [-0.39, 0.29) is 0 Å². The number of rotatable bonds is 3. The SMILES string of the molecule is CCC1CCC(C2CCC(C=CC#Cc3ccc(Cl)cc3)CC2)CC1. The fourth-order valence-electron chi connectivity index (χ4n) is 4.72. The summed E-state index contributed by atoms with van der Waals surface area (Å²) >= 11 is 5.89. The Kier molecular flexibility index (Phi) is 7.06. The summed E-state index contributed by atoms with van der Waals surface area (Å²) in [5.74, 6) is 10.2. The van der Waals surface area contributed by atoms with Gasteiger partial charge in [-0.2, -0.15) is 0 Å². The van der Waals surface area contributed by atoms with Crippen LogP contribution in [0.1, 0.15) is 70.3 Å². The molecule has 0 saturated heterocycles. The minimum Gasteiger partial charge on any atom is -0.0843 e. The van der Waals surface area contributed by atoms with E-state index in [2.05, 4.69) is 30.9 Å². The number of allylic oxidation sites excluding steroid dienone is 2. The zero-order valence-corrected chi connectivity index (χ0v) is 16.3. The van der Waals surface area contributed by atoms with Crippen molar-refractivity contribution in [2.45, 2.75) is 64.7 Å². The summed E-state index contributed by atoms with van der Waals surface area (Å²) in [5, 5.41) is 0.765. The van der Waals surface area contributed by atoms with Crippen molar-refractivity contribution in [2.75, 3.05) is 0 Å². The molecule has 1 aromatic rings. The van der Waals surface area contributed by atoms with E-state index in [0.717, 1.165) is 34.3 Å². The highest BCUT2D eigenvalue weighted by molar-refractivity contribution is 6.30. The van der Waals surface area contributed by atoms with E-state index in [1.807, 2.05) is 24.3 Å². The van der Waals surface area contributed by atoms with Crippen LogP contribution in [0.2, 0.25) is 5.02 Å². The molecule has 2 saturated carbocycles. The molecule has 2 aliphatic rings. The molecule has 2 fully saturated rings. The minimum atomic E-state index is 0.739. The number of benzene rings is 1. The zero-order chi connectivity index (χ0) is 17.5. The molecule has 0 aromatic heterocycles. The van der Waals surface area contributed by atoms with Gasteiger partial charge in [-0.05, 0) is 92.5 Å². The minimum absolute atomic E-state index is 0.739. The molecular formula is C24H31Cl. The van der Waals surface area contributed by atoms with Gasteiger partial charge in [0.25, 0.3) is 0 Å². The van der Waals surface area contributed by atoms with Gasteiger partial charge in [0.15, 0.2) is 0 Å². The van der Waals surface area contributed by atoms with Gasteiger partial charge in [0.2, 0.25) is 0 Å². The van der Waals surface area contributed by atoms with Gasteiger partial charge in [0.05, 0.1) is 0 Å². The summed E-state index contributed by atoms with van der Waals surface area (Å²) in [5.41, 5.74) is 1.03. The predicted octanol–water partition coefficient (Wildman–Crippen LogP) is 7.27. The van der Waals surface area contributed by atoms with Crippen molar-refractivity contribution in [3.8, 4) is 11.8 Å². The van der Waals surface area contributed by atoms with Crippen LogP contribution in [0.4, 0.5) is 0 Å². The fourth-order valence-corrected chi connectivity index (χ4v) is 4.85. The lowest BCUT2D eigenvalue weighted by Crippen LogP contribution is -2.25. The summed E-state index contributed by atoms with van der Waals surface area (Å²) < 4.78 is 0. The summed E-state index contributed by atoms with van der Waals surface area (Å²) in [6.07, 6.45) is 17.3. The zero-order valence-electron chi connectivity index (χ0n) is 15.5. The van der Waals surface area contributed by atoms with Crippen LogP contribution >= 0.6 is 11.6 Å². The Hall–Kier alpha value is -1.19. The Morgan fingerprint density at radius 1 is 0.920 bits per heavy atom. The molecule has 0 nitrogen and oxygen atoms in total. The topological polar surface area (TPSA) is 0 Å². The monoisotopic (exact) mass is 354 g/mol. The maximum Gasteiger partial charge on any atom is 0.0406 e. The Labute approximate surface area is 159 Å². The summed E-state index contributed by atoms with van der Waals surface area (Å²) in [6.45, 7) is 2.36. The van der Waals surface area contributed by atoms with Crippen LogP contribution in [0.15, 0.2) is 36.4 Å². The van der Waals surface area contributed by atoms with E-state index in [1.54, 1.807) is 0 Å². The number of halogens is 1. The molecule has 3 rings (SSSR count). The first kappa shape index (κ1) is 18.6. The van der Waals surface area contributed by atoms with Crippen LogP contribution in [-0.4, -0.2) is 0 Å². The molecule has 0 N–H and O–H groups in total. The first-order valence-electron chi connectivity index (χ1n) is 10.2. The lowest BCUT2D eigenvalue weighted by Gasteiger charge is -2.37. The van der Waals surface area contributed by atoms with Gasteiger partial charge in [0.1, 0.15) is 0 Å². The second-order valence-corrected chi connectivity index (χ2v) is 8.44. The lowest BCUT2D eigenvalue weighted by atomic mass is 9.69. The quantitative estimate of drug-likeness (QED) is 0.500. The molecule has 134 valence electrons. The van der Waals surface area contributed by atoms with Crippen molar-refractivity contribution >= 4 is 11.6 Å². The van der Waals surface area contributed by atoms with Gasteiger partial charge in [0, 0.05) is 10.6 Å². The highest BCUT2D eigenvalue weighted by Gasteiger charge is 2.29. The van der Waals surface area contributed by atoms with Gasteiger partial charge in [-0.15, -0.1) is 0 Å². The van der Waals surface area contributed by atoms with E-state index in [9.17, 15) is 0 Å². The van der Waals surface area contributed by atoms with Crippen molar-refractivity contribution in [2.24, 2.45) is 23.7 Å². The number of hydrogen-bond acceptors (Lipinski definition) is 0. The molecule has 25 heavy (non-hydrogen) atoms. The van der Waals surface area contributed by atoms with Crippen LogP contribution in [0.3, 0.4) is 0 Å². The Morgan fingerprint density at radius 2 is 1.52 bits per heavy atom. The first-order valence-corrected chi connectivity index (χ1v) is 10.6. The standard InChI is InChI=1S/C24H31Cl/c1-2-19-7-13-22(14-8-19)23-15-9-20(10-16-23)5-3-4-6-21-11-17-24(25)18-12-21/h3,5,11-12,17-20,22-23H,2,7-10,13-16H2,1H3. The first-order chi connectivity index (χ1) is 12.2. The molecule has 2 aliphatic carbocycles. The second kappa shape index (κ2) is 9.49. The molecule has 0 bridgehead atoms. The third kappa shape index (κ3) is 5.65. The van der Waals surface area contributed by atoms with Crippen molar-refractivity contribution in [1.82, 2.24) is 0 Å². The van der Waals surface area contributed by atoms with Gasteiger partial charge in [-0.25, -0.2) is 0 Å².